The molecule has 1 aliphatic carbocycles. The molecule has 0 aromatic heterocycles. The van der Waals surface area contributed by atoms with Crippen LogP contribution in [0.15, 0.2) is 66.7 Å². The Balaban J connectivity index is 1.71. The molecule has 2 atom stereocenters. The van der Waals surface area contributed by atoms with Crippen LogP contribution < -0.4 is 14.4 Å². The summed E-state index contributed by atoms with van der Waals surface area (Å²) in [6, 6.07) is 18.6. The molecule has 1 aliphatic heterocycles. The summed E-state index contributed by atoms with van der Waals surface area (Å²) in [7, 11) is 5.05. The zero-order chi connectivity index (χ0) is 27.7. The molecule has 7 heteroatoms. The van der Waals surface area contributed by atoms with Crippen molar-refractivity contribution in [3.8, 4) is 11.5 Å². The fourth-order valence-electron chi connectivity index (χ4n) is 6.25. The van der Waals surface area contributed by atoms with Crippen LogP contribution in [-0.2, 0) is 16.6 Å². The molecule has 0 bridgehead atoms. The van der Waals surface area contributed by atoms with Crippen LogP contribution in [0.3, 0.4) is 0 Å². The summed E-state index contributed by atoms with van der Waals surface area (Å²) in [4.78, 5) is 26.2. The number of benzene rings is 3. The highest BCUT2D eigenvalue weighted by Crippen LogP contribution is 2.54. The first-order valence-electron chi connectivity index (χ1n) is 13.1. The molecular weight excluding hydrogens is 494 g/mol. The SMILES string of the molecule is CCC(Oc1cccc(C(=O)OC)c1)C1(C2=CCCc3c(OC)cccc32)CN(C)c2cc(C(=O)O)ccc21. The average Bonchev–Trinajstić information content (AvgIpc) is 3.26. The number of carbonyl (C=O) groups excluding carboxylic acids is 1. The van der Waals surface area contributed by atoms with E-state index in [1.54, 1.807) is 37.4 Å². The highest BCUT2D eigenvalue weighted by Gasteiger charge is 2.52. The minimum Gasteiger partial charge on any atom is -0.496 e. The van der Waals surface area contributed by atoms with Crippen LogP contribution in [0.2, 0.25) is 0 Å². The van der Waals surface area contributed by atoms with Crippen LogP contribution in [0.4, 0.5) is 5.69 Å². The average molecular weight is 528 g/mol. The number of esters is 1. The van der Waals surface area contributed by atoms with Gasteiger partial charge in [0.1, 0.15) is 17.6 Å². The molecule has 0 saturated heterocycles. The number of methoxy groups -OCH3 is 2. The monoisotopic (exact) mass is 527 g/mol. The Morgan fingerprint density at radius 1 is 1.05 bits per heavy atom. The van der Waals surface area contributed by atoms with Gasteiger partial charge in [-0.25, -0.2) is 9.59 Å². The molecule has 39 heavy (non-hydrogen) atoms. The van der Waals surface area contributed by atoms with Crippen LogP contribution in [-0.4, -0.2) is 51.0 Å². The van der Waals surface area contributed by atoms with Crippen molar-refractivity contribution >= 4 is 23.2 Å². The topological polar surface area (TPSA) is 85.3 Å². The summed E-state index contributed by atoms with van der Waals surface area (Å²) in [6.45, 7) is 2.69. The number of nitrogens with zero attached hydrogens (tertiary/aromatic N) is 1. The first-order valence-corrected chi connectivity index (χ1v) is 13.1. The second-order valence-corrected chi connectivity index (χ2v) is 10.0. The fourth-order valence-corrected chi connectivity index (χ4v) is 6.25. The highest BCUT2D eigenvalue weighted by atomic mass is 16.5. The van der Waals surface area contributed by atoms with Crippen molar-refractivity contribution in [2.75, 3.05) is 32.7 Å². The van der Waals surface area contributed by atoms with Gasteiger partial charge >= 0.3 is 11.9 Å². The Bertz CT molecular complexity index is 1460. The number of ether oxygens (including phenoxy) is 3. The number of hydrogen-bond acceptors (Lipinski definition) is 6. The molecular formula is C32H33NO6. The molecule has 1 N–H and O–H groups in total. The lowest BCUT2D eigenvalue weighted by molar-refractivity contribution is 0.0598. The minimum atomic E-state index is -0.960. The van der Waals surface area contributed by atoms with Crippen molar-refractivity contribution in [1.82, 2.24) is 0 Å². The number of carbonyl (C=O) groups is 2. The van der Waals surface area contributed by atoms with Crippen molar-refractivity contribution in [3.63, 3.8) is 0 Å². The quantitative estimate of drug-likeness (QED) is 0.373. The van der Waals surface area contributed by atoms with E-state index in [0.29, 0.717) is 24.3 Å². The van der Waals surface area contributed by atoms with Crippen LogP contribution in [0, 0.1) is 0 Å². The second-order valence-electron chi connectivity index (χ2n) is 10.0. The van der Waals surface area contributed by atoms with E-state index in [9.17, 15) is 14.7 Å². The third-order valence-electron chi connectivity index (χ3n) is 7.94. The lowest BCUT2D eigenvalue weighted by Crippen LogP contribution is -2.47. The van der Waals surface area contributed by atoms with E-state index in [4.69, 9.17) is 14.2 Å². The van der Waals surface area contributed by atoms with Crippen LogP contribution in [0.5, 0.6) is 11.5 Å². The van der Waals surface area contributed by atoms with Gasteiger partial charge in [0.15, 0.2) is 0 Å². The number of carboxylic acid groups (broad SMARTS) is 1. The molecule has 5 rings (SSSR count). The van der Waals surface area contributed by atoms with Crippen molar-refractivity contribution in [2.45, 2.75) is 37.7 Å². The normalized spacial score (nSPS) is 18.5. The maximum Gasteiger partial charge on any atom is 0.337 e. The molecule has 3 aromatic rings. The number of aromatic carboxylic acids is 1. The first kappa shape index (κ1) is 26.4. The van der Waals surface area contributed by atoms with Crippen molar-refractivity contribution in [1.29, 1.82) is 0 Å². The number of hydrogen-bond donors (Lipinski definition) is 1. The summed E-state index contributed by atoms with van der Waals surface area (Å²) in [5.74, 6) is 0.0513. The van der Waals surface area contributed by atoms with Gasteiger partial charge in [0.25, 0.3) is 0 Å². The van der Waals surface area contributed by atoms with Crippen molar-refractivity contribution < 1.29 is 28.9 Å². The highest BCUT2D eigenvalue weighted by molar-refractivity contribution is 5.92. The predicted octanol–water partition coefficient (Wildman–Crippen LogP) is 5.76. The maximum absolute atomic E-state index is 12.2. The summed E-state index contributed by atoms with van der Waals surface area (Å²) in [6.07, 6.45) is 4.37. The van der Waals surface area contributed by atoms with E-state index in [1.807, 2.05) is 31.3 Å². The van der Waals surface area contributed by atoms with Gasteiger partial charge in [-0.2, -0.15) is 0 Å². The fraction of sp³-hybridized carbons (Fsp3) is 0.312. The molecule has 2 unspecified atom stereocenters. The Hall–Kier alpha value is -4.26. The van der Waals surface area contributed by atoms with Gasteiger partial charge in [0.05, 0.1) is 30.8 Å². The summed E-state index contributed by atoms with van der Waals surface area (Å²) in [5, 5.41) is 9.70. The Morgan fingerprint density at radius 2 is 1.85 bits per heavy atom. The Labute approximate surface area is 228 Å². The predicted molar refractivity (Wildman–Crippen MR) is 150 cm³/mol. The Morgan fingerprint density at radius 3 is 2.56 bits per heavy atom. The van der Waals surface area contributed by atoms with Gasteiger partial charge < -0.3 is 24.2 Å². The number of rotatable bonds is 8. The Kier molecular flexibility index (Phi) is 7.08. The zero-order valence-electron chi connectivity index (χ0n) is 22.7. The number of likely N-dealkylation sites (N-methyl/N-ethyl adjacent to an activating group) is 1. The van der Waals surface area contributed by atoms with Gasteiger partial charge in [-0.05, 0) is 72.4 Å². The van der Waals surface area contributed by atoms with Gasteiger partial charge in [-0.15, -0.1) is 0 Å². The van der Waals surface area contributed by atoms with E-state index in [-0.39, 0.29) is 11.7 Å². The standard InChI is InChI=1S/C32H33NO6/c1-5-29(39-22-10-6-9-21(17-22)31(36)38-4)32(19-33(2)27-18-20(30(34)35)15-16-26(27)32)25-13-7-12-24-23(25)11-8-14-28(24)37-3/h6,8-11,13-18,29H,5,7,12,19H2,1-4H3,(H,34,35). The van der Waals surface area contributed by atoms with E-state index in [1.165, 1.54) is 7.11 Å². The summed E-state index contributed by atoms with van der Waals surface area (Å²) < 4.78 is 17.4. The van der Waals surface area contributed by atoms with E-state index in [2.05, 4.69) is 24.0 Å². The van der Waals surface area contributed by atoms with Crippen LogP contribution in [0.1, 0.15) is 57.2 Å². The van der Waals surface area contributed by atoms with E-state index < -0.39 is 17.4 Å². The number of carboxylic acids is 1. The van der Waals surface area contributed by atoms with Gasteiger partial charge in [0, 0.05) is 24.8 Å². The molecule has 3 aromatic carbocycles. The molecule has 202 valence electrons. The molecule has 7 nitrogen and oxygen atoms in total. The van der Waals surface area contributed by atoms with Gasteiger partial charge in [0.2, 0.25) is 0 Å². The van der Waals surface area contributed by atoms with Gasteiger partial charge in [-0.1, -0.05) is 37.3 Å². The maximum atomic E-state index is 12.2. The second kappa shape index (κ2) is 10.5. The van der Waals surface area contributed by atoms with Crippen LogP contribution in [0.25, 0.3) is 5.57 Å². The molecule has 1 heterocycles. The third-order valence-corrected chi connectivity index (χ3v) is 7.94. The van der Waals surface area contributed by atoms with E-state index >= 15 is 0 Å². The molecule has 0 radical (unpaired) electrons. The van der Waals surface area contributed by atoms with Gasteiger partial charge in [-0.3, -0.25) is 0 Å². The lowest BCUT2D eigenvalue weighted by atomic mass is 9.65. The summed E-state index contributed by atoms with van der Waals surface area (Å²) in [5.41, 5.74) is 5.37. The largest absolute Gasteiger partial charge is 0.496 e. The number of fused-ring (bicyclic) bond motifs is 2. The number of anilines is 1. The molecule has 0 fully saturated rings. The molecule has 0 saturated carbocycles. The zero-order valence-corrected chi connectivity index (χ0v) is 22.7. The smallest absolute Gasteiger partial charge is 0.337 e. The summed E-state index contributed by atoms with van der Waals surface area (Å²) >= 11 is 0. The number of allylic oxidation sites excluding steroid dienone is 1. The molecule has 0 amide bonds. The lowest BCUT2D eigenvalue weighted by Gasteiger charge is -2.42. The minimum absolute atomic E-state index is 0.246. The van der Waals surface area contributed by atoms with Crippen LogP contribution >= 0.6 is 0 Å². The molecule has 0 spiro atoms. The third kappa shape index (κ3) is 4.42. The first-order chi connectivity index (χ1) is 18.8. The van der Waals surface area contributed by atoms with Crippen molar-refractivity contribution in [3.05, 3.63) is 94.6 Å². The van der Waals surface area contributed by atoms with Crippen molar-refractivity contribution in [2.24, 2.45) is 0 Å². The van der Waals surface area contributed by atoms with E-state index in [0.717, 1.165) is 46.5 Å². The molecule has 2 aliphatic rings.